The fourth-order valence-corrected chi connectivity index (χ4v) is 3.71. The van der Waals surface area contributed by atoms with Gasteiger partial charge in [-0.25, -0.2) is 9.97 Å². The number of imidazole rings is 1. The van der Waals surface area contributed by atoms with Crippen molar-refractivity contribution in [1.82, 2.24) is 14.5 Å². The first-order valence-electron chi connectivity index (χ1n) is 7.93. The normalized spacial score (nSPS) is 17.8. The molecule has 1 saturated heterocycles. The topological polar surface area (TPSA) is 60.0 Å². The summed E-state index contributed by atoms with van der Waals surface area (Å²) >= 11 is 12.7. The van der Waals surface area contributed by atoms with Gasteiger partial charge in [-0.2, -0.15) is 0 Å². The monoisotopic (exact) mass is 361 g/mol. The van der Waals surface area contributed by atoms with E-state index in [1.54, 1.807) is 18.6 Å². The van der Waals surface area contributed by atoms with Gasteiger partial charge >= 0.3 is 0 Å². The van der Waals surface area contributed by atoms with Gasteiger partial charge in [0.1, 0.15) is 5.82 Å². The summed E-state index contributed by atoms with van der Waals surface area (Å²) in [5.41, 5.74) is 7.61. The lowest BCUT2D eigenvalue weighted by Crippen LogP contribution is -2.36. The third kappa shape index (κ3) is 2.53. The van der Waals surface area contributed by atoms with E-state index in [9.17, 15) is 0 Å². The Labute approximate surface area is 150 Å². The van der Waals surface area contributed by atoms with E-state index in [0.717, 1.165) is 36.3 Å². The number of anilines is 1. The molecule has 7 heteroatoms. The Balaban J connectivity index is 1.97. The molecule has 0 unspecified atom stereocenters. The molecule has 1 atom stereocenters. The second kappa shape index (κ2) is 6.24. The molecule has 0 aliphatic carbocycles. The molecule has 4 rings (SSSR count). The van der Waals surface area contributed by atoms with E-state index in [1.807, 2.05) is 16.8 Å². The van der Waals surface area contributed by atoms with Gasteiger partial charge in [-0.3, -0.25) is 0 Å². The zero-order valence-corrected chi connectivity index (χ0v) is 14.5. The van der Waals surface area contributed by atoms with Crippen molar-refractivity contribution in [3.8, 4) is 5.69 Å². The van der Waals surface area contributed by atoms with Gasteiger partial charge in [0.05, 0.1) is 27.6 Å². The Hall–Kier alpha value is -1.82. The molecule has 0 amide bonds. The first-order chi connectivity index (χ1) is 11.7. The third-order valence-electron chi connectivity index (χ3n) is 4.56. The summed E-state index contributed by atoms with van der Waals surface area (Å²) < 4.78 is 1.96. The first-order valence-corrected chi connectivity index (χ1v) is 8.68. The Morgan fingerprint density at radius 1 is 1.29 bits per heavy atom. The number of hydrogen-bond donors (Lipinski definition) is 1. The largest absolute Gasteiger partial charge is 0.352 e. The summed E-state index contributed by atoms with van der Waals surface area (Å²) in [5.74, 6) is 0.878. The minimum atomic E-state index is 0.309. The maximum absolute atomic E-state index is 6.45. The Morgan fingerprint density at radius 3 is 2.92 bits per heavy atom. The highest BCUT2D eigenvalue weighted by molar-refractivity contribution is 6.45. The molecule has 24 heavy (non-hydrogen) atoms. The highest BCUT2D eigenvalue weighted by Gasteiger charge is 2.26. The van der Waals surface area contributed by atoms with E-state index in [2.05, 4.69) is 16.0 Å². The fourth-order valence-electron chi connectivity index (χ4n) is 3.35. The second-order valence-corrected chi connectivity index (χ2v) is 6.74. The van der Waals surface area contributed by atoms with E-state index >= 15 is 0 Å². The molecule has 1 aliphatic rings. The minimum absolute atomic E-state index is 0.309. The van der Waals surface area contributed by atoms with E-state index < -0.39 is 0 Å². The lowest BCUT2D eigenvalue weighted by atomic mass is 10.1. The summed E-state index contributed by atoms with van der Waals surface area (Å²) in [4.78, 5) is 11.2. The quantitative estimate of drug-likeness (QED) is 0.773. The van der Waals surface area contributed by atoms with Gasteiger partial charge in [0, 0.05) is 43.0 Å². The Morgan fingerprint density at radius 2 is 2.17 bits per heavy atom. The van der Waals surface area contributed by atoms with Gasteiger partial charge in [-0.05, 0) is 25.0 Å². The first kappa shape index (κ1) is 15.7. The summed E-state index contributed by atoms with van der Waals surface area (Å²) in [7, 11) is 0. The number of hydrogen-bond acceptors (Lipinski definition) is 4. The van der Waals surface area contributed by atoms with E-state index in [1.165, 1.54) is 0 Å². The molecular weight excluding hydrogens is 345 g/mol. The van der Waals surface area contributed by atoms with Crippen LogP contribution in [0.2, 0.25) is 10.0 Å². The lowest BCUT2D eigenvalue weighted by molar-refractivity contribution is 0.672. The number of halogens is 2. The van der Waals surface area contributed by atoms with Gasteiger partial charge in [0.25, 0.3) is 0 Å². The molecule has 2 aromatic heterocycles. The number of benzene rings is 1. The molecule has 3 heterocycles. The number of rotatable bonds is 3. The molecule has 0 saturated carbocycles. The smallest absolute Gasteiger partial charge is 0.131 e. The van der Waals surface area contributed by atoms with Crippen LogP contribution in [0, 0.1) is 0 Å². The number of pyridine rings is 1. The summed E-state index contributed by atoms with van der Waals surface area (Å²) in [6, 6.07) is 6.12. The van der Waals surface area contributed by atoms with Crippen LogP contribution < -0.4 is 10.6 Å². The average molecular weight is 362 g/mol. The average Bonchev–Trinajstić information content (AvgIpc) is 3.28. The van der Waals surface area contributed by atoms with Crippen LogP contribution in [-0.4, -0.2) is 33.7 Å². The lowest BCUT2D eigenvalue weighted by Gasteiger charge is -2.26. The van der Waals surface area contributed by atoms with Crippen LogP contribution in [0.5, 0.6) is 0 Å². The summed E-state index contributed by atoms with van der Waals surface area (Å²) in [6.07, 6.45) is 7.63. The zero-order valence-electron chi connectivity index (χ0n) is 13.0. The van der Waals surface area contributed by atoms with Crippen molar-refractivity contribution in [2.24, 2.45) is 5.73 Å². The predicted molar refractivity (Wildman–Crippen MR) is 98.3 cm³/mol. The van der Waals surface area contributed by atoms with Crippen molar-refractivity contribution in [1.29, 1.82) is 0 Å². The van der Waals surface area contributed by atoms with Crippen molar-refractivity contribution in [3.05, 3.63) is 47.0 Å². The second-order valence-electron chi connectivity index (χ2n) is 5.95. The van der Waals surface area contributed by atoms with Crippen LogP contribution >= 0.6 is 23.2 Å². The van der Waals surface area contributed by atoms with Crippen LogP contribution in [0.4, 0.5) is 5.82 Å². The van der Waals surface area contributed by atoms with Gasteiger partial charge in [0.2, 0.25) is 0 Å². The maximum atomic E-state index is 6.45. The van der Waals surface area contributed by atoms with Crippen molar-refractivity contribution in [3.63, 3.8) is 0 Å². The summed E-state index contributed by atoms with van der Waals surface area (Å²) in [5, 5.41) is 1.91. The van der Waals surface area contributed by atoms with E-state index in [-0.39, 0.29) is 0 Å². The highest BCUT2D eigenvalue weighted by atomic mass is 35.5. The number of nitrogens with zero attached hydrogens (tertiary/aromatic N) is 4. The maximum Gasteiger partial charge on any atom is 0.131 e. The standard InChI is InChI=1S/C17H17Cl2N5/c18-13-4-3-12-14(23-7-5-21-10-23)8-15(22-17(12)16(13)19)24-6-1-2-11(24)9-20/h3-5,7-8,10-11H,1-2,6,9,20H2/t11-/m0/s1. The molecule has 0 radical (unpaired) electrons. The van der Waals surface area contributed by atoms with Crippen molar-refractivity contribution in [2.75, 3.05) is 18.0 Å². The fraction of sp³-hybridized carbons (Fsp3) is 0.294. The molecule has 0 bridgehead atoms. The molecule has 3 aromatic rings. The molecule has 1 aliphatic heterocycles. The number of fused-ring (bicyclic) bond motifs is 1. The molecule has 5 nitrogen and oxygen atoms in total. The molecule has 1 fully saturated rings. The van der Waals surface area contributed by atoms with Gasteiger partial charge in [-0.15, -0.1) is 0 Å². The SMILES string of the molecule is NC[C@@H]1CCCN1c1cc(-n2ccnc2)c2ccc(Cl)c(Cl)c2n1. The van der Waals surface area contributed by atoms with Crippen molar-refractivity contribution >= 4 is 39.9 Å². The van der Waals surface area contributed by atoms with E-state index in [4.69, 9.17) is 33.9 Å². The van der Waals surface area contributed by atoms with Crippen molar-refractivity contribution < 1.29 is 0 Å². The highest BCUT2D eigenvalue weighted by Crippen LogP contribution is 2.36. The summed E-state index contributed by atoms with van der Waals surface area (Å²) in [6.45, 7) is 1.56. The van der Waals surface area contributed by atoms with Crippen LogP contribution in [0.15, 0.2) is 36.9 Å². The molecule has 2 N–H and O–H groups in total. The predicted octanol–water partition coefficient (Wildman–Crippen LogP) is 3.65. The minimum Gasteiger partial charge on any atom is -0.352 e. The number of aromatic nitrogens is 3. The van der Waals surface area contributed by atoms with Crippen LogP contribution in [0.1, 0.15) is 12.8 Å². The van der Waals surface area contributed by atoms with Gasteiger partial charge in [-0.1, -0.05) is 23.2 Å². The van der Waals surface area contributed by atoms with Crippen LogP contribution in [-0.2, 0) is 0 Å². The van der Waals surface area contributed by atoms with Gasteiger partial charge in [0.15, 0.2) is 0 Å². The Bertz CT molecular complexity index is 878. The third-order valence-corrected chi connectivity index (χ3v) is 5.36. The molecule has 1 aromatic carbocycles. The molecule has 124 valence electrons. The molecular formula is C17H17Cl2N5. The van der Waals surface area contributed by atoms with Crippen molar-refractivity contribution in [2.45, 2.75) is 18.9 Å². The van der Waals surface area contributed by atoms with E-state index in [0.29, 0.717) is 28.1 Å². The van der Waals surface area contributed by atoms with Crippen LogP contribution in [0.25, 0.3) is 16.6 Å². The number of nitrogens with two attached hydrogens (primary N) is 1. The zero-order chi connectivity index (χ0) is 16.7. The van der Waals surface area contributed by atoms with Gasteiger partial charge < -0.3 is 15.2 Å². The molecule has 0 spiro atoms. The van der Waals surface area contributed by atoms with Crippen LogP contribution in [0.3, 0.4) is 0 Å². The Kier molecular flexibility index (Phi) is 4.08.